The summed E-state index contributed by atoms with van der Waals surface area (Å²) < 4.78 is 5.74. The molecule has 2 heterocycles. The second-order valence-corrected chi connectivity index (χ2v) is 4.65. The fraction of sp³-hybridized carbons (Fsp3) is 1.00. The fourth-order valence-corrected chi connectivity index (χ4v) is 2.42. The topological polar surface area (TPSA) is 21.3 Å². The highest BCUT2D eigenvalue weighted by atomic mass is 16.5. The van der Waals surface area contributed by atoms with E-state index >= 15 is 0 Å². The van der Waals surface area contributed by atoms with E-state index in [1.807, 2.05) is 0 Å². The Morgan fingerprint density at radius 1 is 1.36 bits per heavy atom. The highest BCUT2D eigenvalue weighted by molar-refractivity contribution is 4.97. The molecule has 64 valence electrons. The zero-order valence-corrected chi connectivity index (χ0v) is 7.44. The average molecular weight is 155 g/mol. The van der Waals surface area contributed by atoms with E-state index < -0.39 is 0 Å². The Kier molecular flexibility index (Phi) is 1.52. The normalized spacial score (nSPS) is 42.0. The van der Waals surface area contributed by atoms with Gasteiger partial charge >= 0.3 is 0 Å². The molecule has 1 N–H and O–H groups in total. The van der Waals surface area contributed by atoms with Gasteiger partial charge in [-0.3, -0.25) is 0 Å². The summed E-state index contributed by atoms with van der Waals surface area (Å²) in [6, 6.07) is 0. The number of nitrogens with one attached hydrogen (secondary N) is 1. The summed E-state index contributed by atoms with van der Waals surface area (Å²) >= 11 is 0. The van der Waals surface area contributed by atoms with E-state index in [9.17, 15) is 0 Å². The van der Waals surface area contributed by atoms with E-state index in [4.69, 9.17) is 4.74 Å². The van der Waals surface area contributed by atoms with Gasteiger partial charge in [-0.25, -0.2) is 0 Å². The molecule has 2 aliphatic rings. The van der Waals surface area contributed by atoms with Crippen LogP contribution in [0, 0.1) is 5.41 Å². The van der Waals surface area contributed by atoms with E-state index in [-0.39, 0.29) is 5.60 Å². The molecule has 2 aliphatic heterocycles. The summed E-state index contributed by atoms with van der Waals surface area (Å²) in [4.78, 5) is 0. The molecule has 0 aromatic heterocycles. The lowest BCUT2D eigenvalue weighted by Crippen LogP contribution is -2.25. The molecule has 0 radical (unpaired) electrons. The third kappa shape index (κ3) is 1.30. The Bertz CT molecular complexity index is 159. The molecule has 0 saturated carbocycles. The monoisotopic (exact) mass is 155 g/mol. The van der Waals surface area contributed by atoms with Gasteiger partial charge in [0, 0.05) is 12.0 Å². The van der Waals surface area contributed by atoms with Gasteiger partial charge in [0.1, 0.15) is 0 Å². The molecule has 2 saturated heterocycles. The van der Waals surface area contributed by atoms with Crippen molar-refractivity contribution in [2.45, 2.75) is 32.3 Å². The molecule has 2 rings (SSSR count). The van der Waals surface area contributed by atoms with Crippen LogP contribution >= 0.6 is 0 Å². The largest absolute Gasteiger partial charge is 0.375 e. The van der Waals surface area contributed by atoms with Crippen molar-refractivity contribution in [1.82, 2.24) is 5.32 Å². The summed E-state index contributed by atoms with van der Waals surface area (Å²) in [7, 11) is 0. The number of rotatable bonds is 0. The van der Waals surface area contributed by atoms with E-state index in [0.717, 1.165) is 13.2 Å². The number of hydrogen-bond donors (Lipinski definition) is 1. The maximum absolute atomic E-state index is 5.74. The molecule has 0 unspecified atom stereocenters. The lowest BCUT2D eigenvalue weighted by Gasteiger charge is -2.21. The molecule has 11 heavy (non-hydrogen) atoms. The second-order valence-electron chi connectivity index (χ2n) is 4.65. The van der Waals surface area contributed by atoms with Crippen LogP contribution in [0.5, 0.6) is 0 Å². The quantitative estimate of drug-likeness (QED) is 0.567. The Hall–Kier alpha value is -0.0800. The van der Waals surface area contributed by atoms with Crippen LogP contribution < -0.4 is 5.32 Å². The third-order valence-electron chi connectivity index (χ3n) is 2.90. The van der Waals surface area contributed by atoms with E-state index in [1.165, 1.54) is 19.4 Å². The van der Waals surface area contributed by atoms with E-state index in [1.54, 1.807) is 0 Å². The predicted molar refractivity (Wildman–Crippen MR) is 44.6 cm³/mol. The summed E-state index contributed by atoms with van der Waals surface area (Å²) in [6.07, 6.45) is 2.53. The van der Waals surface area contributed by atoms with Crippen LogP contribution in [0.15, 0.2) is 0 Å². The molecular weight excluding hydrogens is 138 g/mol. The minimum Gasteiger partial charge on any atom is -0.375 e. The smallest absolute Gasteiger partial charge is 0.0633 e. The van der Waals surface area contributed by atoms with Crippen LogP contribution in [-0.2, 0) is 4.74 Å². The van der Waals surface area contributed by atoms with Gasteiger partial charge < -0.3 is 10.1 Å². The second kappa shape index (κ2) is 2.20. The van der Waals surface area contributed by atoms with Crippen LogP contribution in [-0.4, -0.2) is 25.3 Å². The maximum Gasteiger partial charge on any atom is 0.0633 e. The summed E-state index contributed by atoms with van der Waals surface area (Å²) in [6.45, 7) is 7.70. The van der Waals surface area contributed by atoms with Crippen molar-refractivity contribution in [3.8, 4) is 0 Å². The maximum atomic E-state index is 5.74. The molecule has 0 aromatic carbocycles. The van der Waals surface area contributed by atoms with Crippen molar-refractivity contribution in [3.63, 3.8) is 0 Å². The molecule has 1 atom stereocenters. The fourth-order valence-electron chi connectivity index (χ4n) is 2.42. The van der Waals surface area contributed by atoms with Crippen molar-refractivity contribution in [3.05, 3.63) is 0 Å². The van der Waals surface area contributed by atoms with Crippen molar-refractivity contribution in [2.75, 3.05) is 19.7 Å². The standard InChI is InChI=1S/C9H17NO/c1-8(2)5-9(7-11-8)3-4-10-6-9/h10H,3-7H2,1-2H3/t9-/m1/s1. The Morgan fingerprint density at radius 3 is 2.64 bits per heavy atom. The minimum absolute atomic E-state index is 0.131. The molecule has 2 heteroatoms. The Labute approximate surface area is 68.3 Å². The third-order valence-corrected chi connectivity index (χ3v) is 2.90. The molecule has 0 bridgehead atoms. The van der Waals surface area contributed by atoms with Gasteiger partial charge in [0.25, 0.3) is 0 Å². The van der Waals surface area contributed by atoms with Gasteiger partial charge in [-0.1, -0.05) is 0 Å². The Morgan fingerprint density at radius 2 is 2.18 bits per heavy atom. The zero-order valence-electron chi connectivity index (χ0n) is 7.44. The number of ether oxygens (including phenoxy) is 1. The van der Waals surface area contributed by atoms with Crippen molar-refractivity contribution < 1.29 is 4.74 Å². The molecule has 2 fully saturated rings. The van der Waals surface area contributed by atoms with Crippen LogP contribution in [0.1, 0.15) is 26.7 Å². The van der Waals surface area contributed by atoms with Gasteiger partial charge in [-0.05, 0) is 33.2 Å². The van der Waals surface area contributed by atoms with Crippen LogP contribution in [0.4, 0.5) is 0 Å². The first-order valence-corrected chi connectivity index (χ1v) is 4.47. The minimum atomic E-state index is 0.131. The predicted octanol–water partition coefficient (Wildman–Crippen LogP) is 1.17. The van der Waals surface area contributed by atoms with Gasteiger partial charge in [0.15, 0.2) is 0 Å². The zero-order chi connectivity index (χ0) is 7.95. The Balaban J connectivity index is 2.07. The first-order chi connectivity index (χ1) is 5.12. The molecular formula is C9H17NO. The van der Waals surface area contributed by atoms with Crippen LogP contribution in [0.3, 0.4) is 0 Å². The SMILES string of the molecule is CC1(C)C[C@@]2(CCNC2)CO1. The molecule has 0 aliphatic carbocycles. The lowest BCUT2D eigenvalue weighted by molar-refractivity contribution is 0.0320. The van der Waals surface area contributed by atoms with Gasteiger partial charge in [-0.15, -0.1) is 0 Å². The average Bonchev–Trinajstić information content (AvgIpc) is 2.43. The summed E-state index contributed by atoms with van der Waals surface area (Å²) in [5.41, 5.74) is 0.621. The van der Waals surface area contributed by atoms with Crippen molar-refractivity contribution in [2.24, 2.45) is 5.41 Å². The highest BCUT2D eigenvalue weighted by Crippen LogP contribution is 2.42. The van der Waals surface area contributed by atoms with E-state index in [0.29, 0.717) is 5.41 Å². The van der Waals surface area contributed by atoms with Crippen LogP contribution in [0.2, 0.25) is 0 Å². The van der Waals surface area contributed by atoms with Gasteiger partial charge in [0.2, 0.25) is 0 Å². The van der Waals surface area contributed by atoms with Gasteiger partial charge in [0.05, 0.1) is 12.2 Å². The van der Waals surface area contributed by atoms with E-state index in [2.05, 4.69) is 19.2 Å². The summed E-state index contributed by atoms with van der Waals surface area (Å²) in [5, 5.41) is 3.41. The van der Waals surface area contributed by atoms with Crippen molar-refractivity contribution in [1.29, 1.82) is 0 Å². The number of hydrogen-bond acceptors (Lipinski definition) is 2. The van der Waals surface area contributed by atoms with Crippen molar-refractivity contribution >= 4 is 0 Å². The first kappa shape index (κ1) is 7.56. The summed E-state index contributed by atoms with van der Waals surface area (Å²) in [5.74, 6) is 0. The van der Waals surface area contributed by atoms with Gasteiger partial charge in [-0.2, -0.15) is 0 Å². The molecule has 2 nitrogen and oxygen atoms in total. The van der Waals surface area contributed by atoms with Crippen LogP contribution in [0.25, 0.3) is 0 Å². The lowest BCUT2D eigenvalue weighted by atomic mass is 9.81. The molecule has 0 amide bonds. The molecule has 0 aromatic rings. The molecule has 1 spiro atoms. The highest BCUT2D eigenvalue weighted by Gasteiger charge is 2.45. The first-order valence-electron chi connectivity index (χ1n) is 4.47.